The molecule has 0 radical (unpaired) electrons. The summed E-state index contributed by atoms with van der Waals surface area (Å²) in [6.07, 6.45) is 2.50. The van der Waals surface area contributed by atoms with Gasteiger partial charge in [-0.3, -0.25) is 0 Å². The fourth-order valence-corrected chi connectivity index (χ4v) is 2.41. The predicted octanol–water partition coefficient (Wildman–Crippen LogP) is 1.84. The second-order valence-electron chi connectivity index (χ2n) is 4.48. The lowest BCUT2D eigenvalue weighted by molar-refractivity contribution is -0.0255. The van der Waals surface area contributed by atoms with Crippen LogP contribution in [0.4, 0.5) is 0 Å². The van der Waals surface area contributed by atoms with E-state index < -0.39 is 0 Å². The number of phenols is 2. The molecule has 4 N–H and O–H groups in total. The van der Waals surface area contributed by atoms with Crippen LogP contribution in [0.5, 0.6) is 11.5 Å². The summed E-state index contributed by atoms with van der Waals surface area (Å²) in [6.45, 7) is 2.48. The molecule has 94 valence electrons. The molecule has 1 heterocycles. The minimum absolute atomic E-state index is 0.0228. The van der Waals surface area contributed by atoms with Gasteiger partial charge in [-0.05, 0) is 18.1 Å². The number of rotatable bonds is 3. The molecule has 0 aliphatic carbocycles. The number of phenolic OH excluding ortho intramolecular Hbond substituents is 2. The molecule has 17 heavy (non-hydrogen) atoms. The Kier molecular flexibility index (Phi) is 3.54. The number of benzene rings is 1. The van der Waals surface area contributed by atoms with Crippen LogP contribution in [0.15, 0.2) is 12.1 Å². The van der Waals surface area contributed by atoms with Crippen LogP contribution in [-0.2, 0) is 11.2 Å². The monoisotopic (exact) mass is 237 g/mol. The molecule has 2 rings (SSSR count). The number of fused-ring (bicyclic) bond motifs is 1. The van der Waals surface area contributed by atoms with E-state index in [-0.39, 0.29) is 23.7 Å². The first-order chi connectivity index (χ1) is 8.17. The molecule has 1 aromatic carbocycles. The summed E-state index contributed by atoms with van der Waals surface area (Å²) in [5.41, 5.74) is 7.38. The fraction of sp³-hybridized carbons (Fsp3) is 0.538. The van der Waals surface area contributed by atoms with Crippen molar-refractivity contribution in [2.75, 3.05) is 6.54 Å². The van der Waals surface area contributed by atoms with E-state index in [4.69, 9.17) is 10.5 Å². The Bertz CT molecular complexity index is 406. The highest BCUT2D eigenvalue weighted by atomic mass is 16.5. The Labute approximate surface area is 101 Å². The molecule has 1 aliphatic rings. The van der Waals surface area contributed by atoms with Crippen molar-refractivity contribution >= 4 is 0 Å². The molecule has 0 saturated carbocycles. The highest BCUT2D eigenvalue weighted by molar-refractivity contribution is 5.50. The first-order valence-corrected chi connectivity index (χ1v) is 6.06. The summed E-state index contributed by atoms with van der Waals surface area (Å²) >= 11 is 0. The highest BCUT2D eigenvalue weighted by Crippen LogP contribution is 2.40. The fourth-order valence-electron chi connectivity index (χ4n) is 2.41. The Balaban J connectivity index is 2.37. The third kappa shape index (κ3) is 2.23. The molecule has 0 aromatic heterocycles. The predicted molar refractivity (Wildman–Crippen MR) is 65.1 cm³/mol. The van der Waals surface area contributed by atoms with Gasteiger partial charge in [-0.2, -0.15) is 0 Å². The molecule has 2 unspecified atom stereocenters. The summed E-state index contributed by atoms with van der Waals surface area (Å²) in [4.78, 5) is 0. The lowest BCUT2D eigenvalue weighted by atomic mass is 9.91. The van der Waals surface area contributed by atoms with Crippen LogP contribution in [-0.4, -0.2) is 22.9 Å². The van der Waals surface area contributed by atoms with E-state index in [1.165, 1.54) is 6.07 Å². The molecule has 0 fully saturated rings. The van der Waals surface area contributed by atoms with Crippen molar-refractivity contribution in [3.63, 3.8) is 0 Å². The van der Waals surface area contributed by atoms with E-state index >= 15 is 0 Å². The Hall–Kier alpha value is -1.26. The second kappa shape index (κ2) is 4.94. The SMILES string of the molecule is CCCC1Cc2c(ccc(O)c2O)C(CN)O1. The first kappa shape index (κ1) is 12.2. The van der Waals surface area contributed by atoms with Crippen molar-refractivity contribution in [2.24, 2.45) is 5.73 Å². The van der Waals surface area contributed by atoms with Gasteiger partial charge in [0.2, 0.25) is 0 Å². The maximum atomic E-state index is 9.90. The normalized spacial score (nSPS) is 23.4. The van der Waals surface area contributed by atoms with E-state index in [0.717, 1.165) is 24.0 Å². The van der Waals surface area contributed by atoms with Crippen molar-refractivity contribution in [3.8, 4) is 11.5 Å². The lowest BCUT2D eigenvalue weighted by Crippen LogP contribution is -2.30. The smallest absolute Gasteiger partial charge is 0.161 e. The van der Waals surface area contributed by atoms with Gasteiger partial charge in [0.05, 0.1) is 12.2 Å². The molecule has 0 bridgehead atoms. The summed E-state index contributed by atoms with van der Waals surface area (Å²) in [7, 11) is 0. The average Bonchev–Trinajstić information content (AvgIpc) is 2.34. The number of hydrogen-bond donors (Lipinski definition) is 3. The third-order valence-corrected chi connectivity index (χ3v) is 3.26. The van der Waals surface area contributed by atoms with Crippen molar-refractivity contribution < 1.29 is 14.9 Å². The summed E-state index contributed by atoms with van der Waals surface area (Å²) < 4.78 is 5.88. The number of aromatic hydroxyl groups is 2. The molecule has 0 amide bonds. The van der Waals surface area contributed by atoms with E-state index in [1.54, 1.807) is 6.07 Å². The van der Waals surface area contributed by atoms with Gasteiger partial charge >= 0.3 is 0 Å². The standard InChI is InChI=1S/C13H19NO3/c1-2-3-8-6-10-9(12(7-14)17-8)4-5-11(15)13(10)16/h4-5,8,12,15-16H,2-3,6-7,14H2,1H3. The molecular weight excluding hydrogens is 218 g/mol. The van der Waals surface area contributed by atoms with Gasteiger partial charge in [-0.15, -0.1) is 0 Å². The van der Waals surface area contributed by atoms with Crippen LogP contribution >= 0.6 is 0 Å². The zero-order chi connectivity index (χ0) is 12.4. The molecule has 0 spiro atoms. The van der Waals surface area contributed by atoms with E-state index in [9.17, 15) is 10.2 Å². The molecule has 1 aliphatic heterocycles. The highest BCUT2D eigenvalue weighted by Gasteiger charge is 2.29. The van der Waals surface area contributed by atoms with Crippen molar-refractivity contribution in [2.45, 2.75) is 38.4 Å². The molecule has 2 atom stereocenters. The summed E-state index contributed by atoms with van der Waals surface area (Å²) in [5.74, 6) is -0.0953. The van der Waals surface area contributed by atoms with Gasteiger partial charge in [0.15, 0.2) is 11.5 Å². The quantitative estimate of drug-likeness (QED) is 0.701. The number of hydrogen-bond acceptors (Lipinski definition) is 4. The Morgan fingerprint density at radius 3 is 2.82 bits per heavy atom. The van der Waals surface area contributed by atoms with E-state index in [0.29, 0.717) is 13.0 Å². The molecule has 1 aromatic rings. The van der Waals surface area contributed by atoms with Crippen molar-refractivity contribution in [1.82, 2.24) is 0 Å². The van der Waals surface area contributed by atoms with E-state index in [2.05, 4.69) is 6.92 Å². The minimum Gasteiger partial charge on any atom is -0.504 e. The Morgan fingerprint density at radius 1 is 1.41 bits per heavy atom. The van der Waals surface area contributed by atoms with Crippen LogP contribution in [0.3, 0.4) is 0 Å². The van der Waals surface area contributed by atoms with E-state index in [1.807, 2.05) is 0 Å². The van der Waals surface area contributed by atoms with Crippen molar-refractivity contribution in [3.05, 3.63) is 23.3 Å². The van der Waals surface area contributed by atoms with Crippen LogP contribution in [0.2, 0.25) is 0 Å². The zero-order valence-corrected chi connectivity index (χ0v) is 10.0. The van der Waals surface area contributed by atoms with Crippen LogP contribution < -0.4 is 5.73 Å². The molecule has 4 nitrogen and oxygen atoms in total. The topological polar surface area (TPSA) is 75.7 Å². The van der Waals surface area contributed by atoms with Crippen molar-refractivity contribution in [1.29, 1.82) is 0 Å². The maximum Gasteiger partial charge on any atom is 0.161 e. The zero-order valence-electron chi connectivity index (χ0n) is 10.0. The average molecular weight is 237 g/mol. The molecular formula is C13H19NO3. The second-order valence-corrected chi connectivity index (χ2v) is 4.48. The van der Waals surface area contributed by atoms with Gasteiger partial charge in [0.1, 0.15) is 0 Å². The van der Waals surface area contributed by atoms with Gasteiger partial charge in [-0.25, -0.2) is 0 Å². The summed E-state index contributed by atoms with van der Waals surface area (Å²) in [6, 6.07) is 3.27. The minimum atomic E-state index is -0.179. The maximum absolute atomic E-state index is 9.90. The van der Waals surface area contributed by atoms with Gasteiger partial charge < -0.3 is 20.7 Å². The van der Waals surface area contributed by atoms with Gasteiger partial charge in [0, 0.05) is 18.5 Å². The van der Waals surface area contributed by atoms with Gasteiger partial charge in [0.25, 0.3) is 0 Å². The largest absolute Gasteiger partial charge is 0.504 e. The molecule has 0 saturated heterocycles. The first-order valence-electron chi connectivity index (χ1n) is 6.06. The lowest BCUT2D eigenvalue weighted by Gasteiger charge is -2.32. The van der Waals surface area contributed by atoms with Crippen LogP contribution in [0.25, 0.3) is 0 Å². The third-order valence-electron chi connectivity index (χ3n) is 3.26. The van der Waals surface area contributed by atoms with Crippen LogP contribution in [0.1, 0.15) is 37.0 Å². The summed E-state index contributed by atoms with van der Waals surface area (Å²) in [5, 5.41) is 19.4. The number of nitrogens with two attached hydrogens (primary N) is 1. The number of ether oxygens (including phenoxy) is 1. The van der Waals surface area contributed by atoms with Crippen LogP contribution in [0, 0.1) is 0 Å². The Morgan fingerprint density at radius 2 is 2.18 bits per heavy atom. The van der Waals surface area contributed by atoms with Gasteiger partial charge in [-0.1, -0.05) is 19.4 Å². The molecule has 4 heteroatoms.